The van der Waals surface area contributed by atoms with E-state index in [0.29, 0.717) is 30.2 Å². The van der Waals surface area contributed by atoms with E-state index in [1.165, 1.54) is 0 Å². The molecule has 118 valence electrons. The first-order valence-corrected chi connectivity index (χ1v) is 7.83. The predicted molar refractivity (Wildman–Crippen MR) is 82.8 cm³/mol. The minimum absolute atomic E-state index is 0.00461. The number of benzene rings is 1. The van der Waals surface area contributed by atoms with Crippen LogP contribution in [0.2, 0.25) is 5.02 Å². The summed E-state index contributed by atoms with van der Waals surface area (Å²) in [7, 11) is 1.79. The topological polar surface area (TPSA) is 49.9 Å². The van der Waals surface area contributed by atoms with Gasteiger partial charge in [0.1, 0.15) is 6.61 Å². The van der Waals surface area contributed by atoms with Crippen molar-refractivity contribution >= 4 is 23.4 Å². The molecular formula is C16H19ClN2O3. The van der Waals surface area contributed by atoms with Crippen molar-refractivity contribution < 1.29 is 14.3 Å². The van der Waals surface area contributed by atoms with Crippen LogP contribution in [-0.2, 0) is 9.53 Å². The molecule has 0 spiro atoms. The van der Waals surface area contributed by atoms with Crippen molar-refractivity contribution in [3.8, 4) is 0 Å². The third-order valence-corrected chi connectivity index (χ3v) is 4.65. The van der Waals surface area contributed by atoms with E-state index in [4.69, 9.17) is 16.3 Å². The van der Waals surface area contributed by atoms with Gasteiger partial charge in [-0.1, -0.05) is 11.6 Å². The zero-order chi connectivity index (χ0) is 15.7. The highest BCUT2D eigenvalue weighted by atomic mass is 35.5. The van der Waals surface area contributed by atoms with Crippen molar-refractivity contribution in [2.45, 2.75) is 12.5 Å². The first-order valence-electron chi connectivity index (χ1n) is 7.45. The summed E-state index contributed by atoms with van der Waals surface area (Å²) in [5.74, 6) is 0.180. The number of piperidine rings is 1. The first-order chi connectivity index (χ1) is 10.5. The molecule has 2 aliphatic rings. The number of rotatable bonds is 1. The van der Waals surface area contributed by atoms with E-state index < -0.39 is 0 Å². The highest BCUT2D eigenvalue weighted by Crippen LogP contribution is 2.25. The highest BCUT2D eigenvalue weighted by molar-refractivity contribution is 6.30. The molecule has 0 saturated carbocycles. The van der Waals surface area contributed by atoms with E-state index >= 15 is 0 Å². The van der Waals surface area contributed by atoms with Crippen molar-refractivity contribution in [1.29, 1.82) is 0 Å². The van der Waals surface area contributed by atoms with E-state index in [1.54, 1.807) is 36.2 Å². The second kappa shape index (κ2) is 6.26. The van der Waals surface area contributed by atoms with Gasteiger partial charge in [0.2, 0.25) is 5.91 Å². The summed E-state index contributed by atoms with van der Waals surface area (Å²) in [4.78, 5) is 27.9. The molecule has 6 heteroatoms. The number of amides is 2. The van der Waals surface area contributed by atoms with Crippen LogP contribution in [0.25, 0.3) is 0 Å². The zero-order valence-corrected chi connectivity index (χ0v) is 13.3. The Morgan fingerprint density at radius 1 is 1.27 bits per heavy atom. The molecule has 3 rings (SSSR count). The van der Waals surface area contributed by atoms with Gasteiger partial charge in [-0.05, 0) is 30.7 Å². The van der Waals surface area contributed by atoms with Gasteiger partial charge in [-0.3, -0.25) is 9.59 Å². The van der Waals surface area contributed by atoms with Gasteiger partial charge in [0.05, 0.1) is 6.10 Å². The maximum atomic E-state index is 12.6. The molecule has 1 aromatic carbocycles. The van der Waals surface area contributed by atoms with Crippen LogP contribution >= 0.6 is 11.6 Å². The number of nitrogens with zero attached hydrogens (tertiary/aromatic N) is 2. The lowest BCUT2D eigenvalue weighted by molar-refractivity contribution is -0.133. The molecule has 0 aromatic heterocycles. The molecular weight excluding hydrogens is 304 g/mol. The summed E-state index contributed by atoms with van der Waals surface area (Å²) in [6.45, 7) is 2.04. The molecule has 0 bridgehead atoms. The quantitative estimate of drug-likeness (QED) is 0.790. The first kappa shape index (κ1) is 15.3. The molecule has 22 heavy (non-hydrogen) atoms. The number of carbonyl (C=O) groups excluding carboxylic acids is 2. The Morgan fingerprint density at radius 2 is 2.00 bits per heavy atom. The molecule has 1 aromatic rings. The third-order valence-electron chi connectivity index (χ3n) is 4.40. The van der Waals surface area contributed by atoms with Crippen LogP contribution in [0.15, 0.2) is 24.3 Å². The van der Waals surface area contributed by atoms with Gasteiger partial charge in [0, 0.05) is 43.2 Å². The molecule has 2 fully saturated rings. The van der Waals surface area contributed by atoms with Crippen LogP contribution < -0.4 is 0 Å². The number of halogens is 1. The largest absolute Gasteiger partial charge is 0.368 e. The minimum Gasteiger partial charge on any atom is -0.368 e. The van der Waals surface area contributed by atoms with Gasteiger partial charge in [-0.15, -0.1) is 0 Å². The SMILES string of the molecule is CN1C[C@H]2CN(C(=O)c3ccc(Cl)cc3)CC[C@@H]2OCC1=O. The maximum absolute atomic E-state index is 12.6. The molecule has 0 aliphatic carbocycles. The Balaban J connectivity index is 1.71. The lowest BCUT2D eigenvalue weighted by Crippen LogP contribution is -2.48. The summed E-state index contributed by atoms with van der Waals surface area (Å²) in [6, 6.07) is 6.94. The fraction of sp³-hybridized carbons (Fsp3) is 0.500. The molecule has 2 aliphatic heterocycles. The number of fused-ring (bicyclic) bond motifs is 1. The summed E-state index contributed by atoms with van der Waals surface area (Å²) in [5, 5.41) is 0.618. The molecule has 0 N–H and O–H groups in total. The van der Waals surface area contributed by atoms with Crippen LogP contribution in [0.3, 0.4) is 0 Å². The van der Waals surface area contributed by atoms with Crippen molar-refractivity contribution in [3.63, 3.8) is 0 Å². The number of likely N-dealkylation sites (N-methyl/N-ethyl adjacent to an activating group) is 1. The van der Waals surface area contributed by atoms with Gasteiger partial charge < -0.3 is 14.5 Å². The van der Waals surface area contributed by atoms with Crippen molar-refractivity contribution in [2.75, 3.05) is 33.3 Å². The Bertz CT molecular complexity index is 575. The highest BCUT2D eigenvalue weighted by Gasteiger charge is 2.36. The summed E-state index contributed by atoms with van der Waals surface area (Å²) >= 11 is 5.86. The summed E-state index contributed by atoms with van der Waals surface area (Å²) in [6.07, 6.45) is 0.827. The Morgan fingerprint density at radius 3 is 2.73 bits per heavy atom. The molecule has 0 radical (unpaired) electrons. The van der Waals surface area contributed by atoms with E-state index in [9.17, 15) is 9.59 Å². The smallest absolute Gasteiger partial charge is 0.253 e. The maximum Gasteiger partial charge on any atom is 0.253 e. The molecule has 2 atom stereocenters. The number of likely N-dealkylation sites (tertiary alicyclic amines) is 1. The Kier molecular flexibility index (Phi) is 4.36. The normalized spacial score (nSPS) is 25.6. The number of hydrogen-bond donors (Lipinski definition) is 0. The van der Waals surface area contributed by atoms with Crippen molar-refractivity contribution in [2.24, 2.45) is 5.92 Å². The number of hydrogen-bond acceptors (Lipinski definition) is 3. The van der Waals surface area contributed by atoms with E-state index in [1.807, 2.05) is 4.90 Å². The Hall–Kier alpha value is -1.59. The molecule has 2 heterocycles. The van der Waals surface area contributed by atoms with Crippen molar-refractivity contribution in [1.82, 2.24) is 9.80 Å². The fourth-order valence-corrected chi connectivity index (χ4v) is 3.23. The van der Waals surface area contributed by atoms with Crippen molar-refractivity contribution in [3.05, 3.63) is 34.9 Å². The molecule has 5 nitrogen and oxygen atoms in total. The summed E-state index contributed by atoms with van der Waals surface area (Å²) in [5.41, 5.74) is 0.641. The van der Waals surface area contributed by atoms with Crippen LogP contribution in [0.4, 0.5) is 0 Å². The lowest BCUT2D eigenvalue weighted by atomic mass is 9.93. The fourth-order valence-electron chi connectivity index (χ4n) is 3.11. The van der Waals surface area contributed by atoms with Gasteiger partial charge in [-0.25, -0.2) is 0 Å². The second-order valence-electron chi connectivity index (χ2n) is 5.93. The predicted octanol–water partition coefficient (Wildman–Crippen LogP) is 1.66. The van der Waals surface area contributed by atoms with E-state index in [-0.39, 0.29) is 30.4 Å². The van der Waals surface area contributed by atoms with Gasteiger partial charge in [0.15, 0.2) is 0 Å². The lowest BCUT2D eigenvalue weighted by Gasteiger charge is -2.37. The van der Waals surface area contributed by atoms with Gasteiger partial charge in [-0.2, -0.15) is 0 Å². The number of ether oxygens (including phenoxy) is 1. The van der Waals surface area contributed by atoms with Crippen LogP contribution in [0.1, 0.15) is 16.8 Å². The molecule has 0 unspecified atom stereocenters. The molecule has 2 saturated heterocycles. The Labute approximate surface area is 134 Å². The second-order valence-corrected chi connectivity index (χ2v) is 6.37. The van der Waals surface area contributed by atoms with E-state index in [0.717, 1.165) is 6.42 Å². The average molecular weight is 323 g/mol. The monoisotopic (exact) mass is 322 g/mol. The summed E-state index contributed by atoms with van der Waals surface area (Å²) < 4.78 is 5.69. The molecule has 2 amide bonds. The average Bonchev–Trinajstić information content (AvgIpc) is 2.66. The van der Waals surface area contributed by atoms with Gasteiger partial charge in [0.25, 0.3) is 5.91 Å². The standard InChI is InChI=1S/C16H19ClN2O3/c1-18-8-12-9-19(7-6-14(12)22-10-15(18)20)16(21)11-2-4-13(17)5-3-11/h2-5,12,14H,6-10H2,1H3/t12-,14-/m0/s1. The third kappa shape index (κ3) is 3.10. The van der Waals surface area contributed by atoms with Crippen LogP contribution in [0, 0.1) is 5.92 Å². The van der Waals surface area contributed by atoms with Crippen LogP contribution in [-0.4, -0.2) is 61.0 Å². The number of carbonyl (C=O) groups is 2. The van der Waals surface area contributed by atoms with Gasteiger partial charge >= 0.3 is 0 Å². The zero-order valence-electron chi connectivity index (χ0n) is 12.5. The minimum atomic E-state index is 0.00461. The van der Waals surface area contributed by atoms with Crippen LogP contribution in [0.5, 0.6) is 0 Å². The van der Waals surface area contributed by atoms with E-state index in [2.05, 4.69) is 0 Å².